The molecule has 0 aromatic carbocycles. The molecular weight excluding hydrogens is 156 g/mol. The Bertz CT molecular complexity index is 117. The van der Waals surface area contributed by atoms with E-state index in [2.05, 4.69) is 0 Å². The van der Waals surface area contributed by atoms with Gasteiger partial charge in [0, 0.05) is 13.0 Å². The monoisotopic (exact) mass is 166 g/mol. The Morgan fingerprint density at radius 1 is 1.60 bits per heavy atom. The summed E-state index contributed by atoms with van der Waals surface area (Å²) in [5.41, 5.74) is 0. The van der Waals surface area contributed by atoms with E-state index in [9.17, 15) is 4.21 Å². The third-order valence-corrected chi connectivity index (χ3v) is 1.86. The zero-order valence-corrected chi connectivity index (χ0v) is 6.56. The SMILES string of the molecule is COCC1COS(=O)OC1. The van der Waals surface area contributed by atoms with Crippen LogP contribution in [0.2, 0.25) is 0 Å². The van der Waals surface area contributed by atoms with E-state index in [-0.39, 0.29) is 5.92 Å². The normalized spacial score (nSPS) is 34.1. The van der Waals surface area contributed by atoms with Gasteiger partial charge in [-0.25, -0.2) is 0 Å². The van der Waals surface area contributed by atoms with Crippen molar-refractivity contribution in [2.24, 2.45) is 5.92 Å². The number of rotatable bonds is 2. The van der Waals surface area contributed by atoms with Crippen molar-refractivity contribution in [2.75, 3.05) is 26.9 Å². The van der Waals surface area contributed by atoms with E-state index >= 15 is 0 Å². The van der Waals surface area contributed by atoms with Crippen LogP contribution < -0.4 is 0 Å². The van der Waals surface area contributed by atoms with Crippen LogP contribution in [-0.4, -0.2) is 31.1 Å². The highest BCUT2D eigenvalue weighted by Gasteiger charge is 2.18. The molecular formula is C5H10O4S. The number of hydrogen-bond acceptors (Lipinski definition) is 4. The molecule has 0 amide bonds. The number of methoxy groups -OCH3 is 1. The minimum absolute atomic E-state index is 0.225. The standard InChI is InChI=1S/C5H10O4S/c1-7-2-5-3-8-10(6)9-4-5/h5H,2-4H2,1H3. The first kappa shape index (κ1) is 8.13. The van der Waals surface area contributed by atoms with Crippen LogP contribution in [0.25, 0.3) is 0 Å². The maximum atomic E-state index is 10.4. The van der Waals surface area contributed by atoms with Gasteiger partial charge < -0.3 is 4.74 Å². The van der Waals surface area contributed by atoms with E-state index in [0.717, 1.165) is 0 Å². The fraction of sp³-hybridized carbons (Fsp3) is 1.00. The lowest BCUT2D eigenvalue weighted by Gasteiger charge is -2.19. The molecule has 0 aromatic rings. The van der Waals surface area contributed by atoms with E-state index in [1.165, 1.54) is 0 Å². The van der Waals surface area contributed by atoms with Crippen LogP contribution in [0.3, 0.4) is 0 Å². The molecule has 0 aromatic heterocycles. The molecule has 1 heterocycles. The third-order valence-electron chi connectivity index (χ3n) is 1.20. The van der Waals surface area contributed by atoms with Gasteiger partial charge in [0.15, 0.2) is 0 Å². The van der Waals surface area contributed by atoms with Crippen LogP contribution in [0.1, 0.15) is 0 Å². The van der Waals surface area contributed by atoms with Gasteiger partial charge in [0.05, 0.1) is 19.8 Å². The van der Waals surface area contributed by atoms with E-state index in [4.69, 9.17) is 13.1 Å². The zero-order valence-electron chi connectivity index (χ0n) is 5.74. The molecule has 10 heavy (non-hydrogen) atoms. The van der Waals surface area contributed by atoms with E-state index in [0.29, 0.717) is 19.8 Å². The van der Waals surface area contributed by atoms with Gasteiger partial charge in [0.1, 0.15) is 0 Å². The predicted octanol–water partition coefficient (Wildman–Crippen LogP) is -0.125. The van der Waals surface area contributed by atoms with Crippen molar-refractivity contribution in [2.45, 2.75) is 0 Å². The lowest BCUT2D eigenvalue weighted by atomic mass is 10.2. The van der Waals surface area contributed by atoms with Crippen molar-refractivity contribution in [1.29, 1.82) is 0 Å². The van der Waals surface area contributed by atoms with Crippen molar-refractivity contribution in [3.05, 3.63) is 0 Å². The van der Waals surface area contributed by atoms with Crippen molar-refractivity contribution >= 4 is 11.4 Å². The van der Waals surface area contributed by atoms with Gasteiger partial charge in [0.25, 0.3) is 0 Å². The second-order valence-electron chi connectivity index (χ2n) is 2.09. The zero-order chi connectivity index (χ0) is 7.40. The quantitative estimate of drug-likeness (QED) is 0.573. The summed E-state index contributed by atoms with van der Waals surface area (Å²) in [6, 6.07) is 0. The average molecular weight is 166 g/mol. The highest BCUT2D eigenvalue weighted by atomic mass is 32.2. The molecule has 0 saturated carbocycles. The third kappa shape index (κ3) is 2.34. The molecule has 1 saturated heterocycles. The molecule has 1 fully saturated rings. The second kappa shape index (κ2) is 4.02. The Balaban J connectivity index is 2.19. The second-order valence-corrected chi connectivity index (χ2v) is 2.97. The molecule has 0 atom stereocenters. The van der Waals surface area contributed by atoms with Gasteiger partial charge >= 0.3 is 11.4 Å². The molecule has 60 valence electrons. The molecule has 0 unspecified atom stereocenters. The number of hydrogen-bond donors (Lipinski definition) is 0. The maximum absolute atomic E-state index is 10.4. The lowest BCUT2D eigenvalue weighted by molar-refractivity contribution is 0.0590. The molecule has 4 nitrogen and oxygen atoms in total. The van der Waals surface area contributed by atoms with Crippen LogP contribution in [0.4, 0.5) is 0 Å². The fourth-order valence-corrected chi connectivity index (χ4v) is 1.39. The first-order chi connectivity index (χ1) is 4.83. The summed E-state index contributed by atoms with van der Waals surface area (Å²) in [6.07, 6.45) is 0. The van der Waals surface area contributed by atoms with Crippen LogP contribution >= 0.6 is 0 Å². The summed E-state index contributed by atoms with van der Waals surface area (Å²) in [7, 11) is 1.62. The lowest BCUT2D eigenvalue weighted by Crippen LogP contribution is -2.27. The van der Waals surface area contributed by atoms with Crippen LogP contribution in [-0.2, 0) is 24.5 Å². The molecule has 1 aliphatic heterocycles. The smallest absolute Gasteiger partial charge is 0.304 e. The van der Waals surface area contributed by atoms with Crippen molar-refractivity contribution in [3.63, 3.8) is 0 Å². The predicted molar refractivity (Wildman–Crippen MR) is 35.4 cm³/mol. The maximum Gasteiger partial charge on any atom is 0.304 e. The van der Waals surface area contributed by atoms with Crippen molar-refractivity contribution < 1.29 is 17.3 Å². The summed E-state index contributed by atoms with van der Waals surface area (Å²) < 4.78 is 24.7. The summed E-state index contributed by atoms with van der Waals surface area (Å²) in [6.45, 7) is 1.51. The van der Waals surface area contributed by atoms with E-state index in [1.807, 2.05) is 0 Å². The summed E-state index contributed by atoms with van der Waals surface area (Å²) in [5, 5.41) is 0. The van der Waals surface area contributed by atoms with Crippen LogP contribution in [0, 0.1) is 5.92 Å². The molecule has 1 aliphatic rings. The van der Waals surface area contributed by atoms with Crippen molar-refractivity contribution in [1.82, 2.24) is 0 Å². The van der Waals surface area contributed by atoms with Gasteiger partial charge in [-0.15, -0.1) is 0 Å². The van der Waals surface area contributed by atoms with Crippen LogP contribution in [0.15, 0.2) is 0 Å². The topological polar surface area (TPSA) is 44.8 Å². The minimum atomic E-state index is -1.52. The van der Waals surface area contributed by atoms with E-state index in [1.54, 1.807) is 7.11 Å². The van der Waals surface area contributed by atoms with Gasteiger partial charge in [-0.3, -0.25) is 8.37 Å². The summed E-state index contributed by atoms with van der Waals surface area (Å²) >= 11 is -1.52. The molecule has 0 N–H and O–H groups in total. The Morgan fingerprint density at radius 2 is 2.20 bits per heavy atom. The Kier molecular flexibility index (Phi) is 3.27. The van der Waals surface area contributed by atoms with Gasteiger partial charge in [-0.05, 0) is 0 Å². The summed E-state index contributed by atoms with van der Waals surface area (Å²) in [4.78, 5) is 0. The summed E-state index contributed by atoms with van der Waals surface area (Å²) in [5.74, 6) is 0.225. The molecule has 1 rings (SSSR count). The van der Waals surface area contributed by atoms with Crippen LogP contribution in [0.5, 0.6) is 0 Å². The molecule has 0 radical (unpaired) electrons. The van der Waals surface area contributed by atoms with Crippen molar-refractivity contribution in [3.8, 4) is 0 Å². The Hall–Kier alpha value is 0.0300. The highest BCUT2D eigenvalue weighted by Crippen LogP contribution is 2.08. The van der Waals surface area contributed by atoms with E-state index < -0.39 is 11.4 Å². The largest absolute Gasteiger partial charge is 0.384 e. The Labute approximate surface area is 62.3 Å². The minimum Gasteiger partial charge on any atom is -0.384 e. The van der Waals surface area contributed by atoms with Gasteiger partial charge in [-0.2, -0.15) is 4.21 Å². The molecule has 0 aliphatic carbocycles. The highest BCUT2D eigenvalue weighted by molar-refractivity contribution is 7.75. The molecule has 0 bridgehead atoms. The first-order valence-electron chi connectivity index (χ1n) is 3.00. The van der Waals surface area contributed by atoms with Gasteiger partial charge in [-0.1, -0.05) is 0 Å². The molecule has 5 heteroatoms. The first-order valence-corrected chi connectivity index (χ1v) is 4.00. The fourth-order valence-electron chi connectivity index (χ4n) is 0.718. The Morgan fingerprint density at radius 3 is 2.70 bits per heavy atom. The average Bonchev–Trinajstić information content (AvgIpc) is 1.95. The molecule has 0 spiro atoms. The van der Waals surface area contributed by atoms with Gasteiger partial charge in [0.2, 0.25) is 0 Å². The number of ether oxygens (including phenoxy) is 1.